The van der Waals surface area contributed by atoms with Crippen LogP contribution in [0.4, 0.5) is 22.8 Å². The molecule has 2 heterocycles. The molecule has 320 valence electrons. The van der Waals surface area contributed by atoms with Crippen molar-refractivity contribution in [2.45, 2.75) is 108 Å². The molecule has 0 aromatic heterocycles. The Hall–Kier alpha value is -5.67. The van der Waals surface area contributed by atoms with Gasteiger partial charge in [-0.15, -0.1) is 0 Å². The van der Waals surface area contributed by atoms with E-state index in [0.717, 1.165) is 34.0 Å². The van der Waals surface area contributed by atoms with Crippen LogP contribution in [0, 0.1) is 0 Å². The first-order valence-electron chi connectivity index (χ1n) is 20.2. The van der Waals surface area contributed by atoms with E-state index in [2.05, 4.69) is 16.0 Å². The quantitative estimate of drug-likeness (QED) is 0.0803. The summed E-state index contributed by atoms with van der Waals surface area (Å²) in [5.74, 6) is -2.16. The van der Waals surface area contributed by atoms with Crippen LogP contribution in [0.5, 0.6) is 0 Å². The summed E-state index contributed by atoms with van der Waals surface area (Å²) < 4.78 is 69.1. The maximum Gasteiger partial charge on any atom is 0.416 e. The van der Waals surface area contributed by atoms with Crippen molar-refractivity contribution >= 4 is 34.8 Å². The number of carbonyl (C=O) groups excluding carboxylic acids is 4. The van der Waals surface area contributed by atoms with Gasteiger partial charge < -0.3 is 39.6 Å². The van der Waals surface area contributed by atoms with Gasteiger partial charge in [0.25, 0.3) is 0 Å². The summed E-state index contributed by atoms with van der Waals surface area (Å²) in [7, 11) is 0. The SMILES string of the molecule is CCOC(=O)[C@H](Cc1ccccc1)NC(=O)CCC1CC(OC(=O)NCc2cccc3ccccc23)CC2(CCCC(COC(=O)NCc3cccc(C(F)(F)F)c3)O2)O1. The van der Waals surface area contributed by atoms with E-state index in [-0.39, 0.29) is 69.9 Å². The average Bonchev–Trinajstić information content (AvgIpc) is 3.23. The number of nitrogens with one attached hydrogen (secondary N) is 3. The molecule has 4 aromatic rings. The van der Waals surface area contributed by atoms with Gasteiger partial charge in [0.2, 0.25) is 5.91 Å². The standard InChI is InChI=1S/C45H50F3N3O9/c1-2-56-41(53)39(24-30-11-4-3-5-12-30)51-40(52)21-20-35-25-37(58-43(55)50-28-33-16-9-15-32-14-6-7-19-38(32)33)26-44(59-35)22-10-18-36(60-44)29-57-42(54)49-27-31-13-8-17-34(23-31)45(46,47)48/h3-9,11-17,19,23,35-37,39H,2,10,18,20-22,24-29H2,1H3,(H,49,54)(H,50,55)(H,51,52)/t35?,36?,37?,39-,44?/m0/s1. The highest BCUT2D eigenvalue weighted by molar-refractivity contribution is 5.86. The number of rotatable bonds is 15. The molecule has 1 spiro atoms. The fourth-order valence-corrected chi connectivity index (χ4v) is 7.67. The number of hydrogen-bond donors (Lipinski definition) is 3. The summed E-state index contributed by atoms with van der Waals surface area (Å²) in [4.78, 5) is 52.0. The highest BCUT2D eigenvalue weighted by Crippen LogP contribution is 2.41. The highest BCUT2D eigenvalue weighted by atomic mass is 19.4. The molecule has 15 heteroatoms. The molecule has 5 atom stereocenters. The van der Waals surface area contributed by atoms with E-state index in [1.807, 2.05) is 72.8 Å². The number of alkyl carbamates (subject to hydrolysis) is 2. The van der Waals surface area contributed by atoms with Crippen LogP contribution in [0.25, 0.3) is 10.8 Å². The lowest BCUT2D eigenvalue weighted by Gasteiger charge is -2.47. The zero-order chi connectivity index (χ0) is 42.5. The lowest BCUT2D eigenvalue weighted by molar-refractivity contribution is -0.329. The topological polar surface area (TPSA) is 151 Å². The number of amides is 3. The number of halogens is 3. The smallest absolute Gasteiger partial charge is 0.416 e. The van der Waals surface area contributed by atoms with Crippen LogP contribution in [0.2, 0.25) is 0 Å². The third-order valence-electron chi connectivity index (χ3n) is 10.5. The normalized spacial score (nSPS) is 20.8. The number of benzene rings is 4. The van der Waals surface area contributed by atoms with Crippen molar-refractivity contribution in [3.63, 3.8) is 0 Å². The van der Waals surface area contributed by atoms with E-state index in [9.17, 15) is 32.3 Å². The Morgan fingerprint density at radius 3 is 2.35 bits per heavy atom. The van der Waals surface area contributed by atoms with Gasteiger partial charge in [-0.25, -0.2) is 14.4 Å². The lowest BCUT2D eigenvalue weighted by Crippen LogP contribution is -2.54. The van der Waals surface area contributed by atoms with E-state index in [1.54, 1.807) is 6.92 Å². The summed E-state index contributed by atoms with van der Waals surface area (Å²) in [6.07, 6.45) is -5.36. The second-order valence-corrected chi connectivity index (χ2v) is 15.0. The van der Waals surface area contributed by atoms with Crippen molar-refractivity contribution in [1.82, 2.24) is 16.0 Å². The summed E-state index contributed by atoms with van der Waals surface area (Å²) in [6.45, 7) is 1.74. The van der Waals surface area contributed by atoms with E-state index in [1.165, 1.54) is 12.1 Å². The molecule has 2 saturated heterocycles. The Morgan fingerprint density at radius 1 is 0.833 bits per heavy atom. The molecule has 3 amide bonds. The van der Waals surface area contributed by atoms with Crippen molar-refractivity contribution in [1.29, 1.82) is 0 Å². The minimum atomic E-state index is -4.52. The van der Waals surface area contributed by atoms with Gasteiger partial charge >= 0.3 is 24.3 Å². The van der Waals surface area contributed by atoms with Gasteiger partial charge in [0.1, 0.15) is 18.8 Å². The van der Waals surface area contributed by atoms with Crippen molar-refractivity contribution in [2.75, 3.05) is 13.2 Å². The zero-order valence-corrected chi connectivity index (χ0v) is 33.3. The average molecular weight is 834 g/mol. The number of ether oxygens (including phenoxy) is 5. The molecule has 0 aliphatic carbocycles. The van der Waals surface area contributed by atoms with Gasteiger partial charge in [0.15, 0.2) is 5.79 Å². The molecule has 2 fully saturated rings. The van der Waals surface area contributed by atoms with Crippen LogP contribution in [0.15, 0.2) is 97.1 Å². The molecule has 0 saturated carbocycles. The van der Waals surface area contributed by atoms with Gasteiger partial charge in [-0.1, -0.05) is 84.9 Å². The number of alkyl halides is 3. The first-order valence-corrected chi connectivity index (χ1v) is 20.2. The van der Waals surface area contributed by atoms with Crippen molar-refractivity contribution in [3.05, 3.63) is 119 Å². The van der Waals surface area contributed by atoms with Crippen molar-refractivity contribution in [2.24, 2.45) is 0 Å². The van der Waals surface area contributed by atoms with E-state index in [4.69, 9.17) is 23.7 Å². The molecule has 2 aliphatic heterocycles. The molecular formula is C45H50F3N3O9. The van der Waals surface area contributed by atoms with E-state index >= 15 is 0 Å². The second kappa shape index (κ2) is 20.5. The molecule has 6 rings (SSSR count). The molecule has 60 heavy (non-hydrogen) atoms. The number of fused-ring (bicyclic) bond motifs is 1. The van der Waals surface area contributed by atoms with Gasteiger partial charge in [-0.3, -0.25) is 4.79 Å². The minimum Gasteiger partial charge on any atom is -0.464 e. The van der Waals surface area contributed by atoms with Crippen molar-refractivity contribution in [3.8, 4) is 0 Å². The molecule has 4 aromatic carbocycles. The number of esters is 1. The molecule has 12 nitrogen and oxygen atoms in total. The first-order chi connectivity index (χ1) is 28.9. The lowest BCUT2D eigenvalue weighted by atomic mass is 9.90. The third kappa shape index (κ3) is 12.7. The fraction of sp³-hybridized carbons (Fsp3) is 0.422. The molecule has 4 unspecified atom stereocenters. The van der Waals surface area contributed by atoms with Gasteiger partial charge in [-0.05, 0) is 65.8 Å². The van der Waals surface area contributed by atoms with Gasteiger partial charge in [-0.2, -0.15) is 13.2 Å². The summed E-state index contributed by atoms with van der Waals surface area (Å²) in [5.41, 5.74) is 1.21. The summed E-state index contributed by atoms with van der Waals surface area (Å²) in [6, 6.07) is 26.7. The maximum absolute atomic E-state index is 13.3. The van der Waals surface area contributed by atoms with Crippen LogP contribution >= 0.6 is 0 Å². The highest BCUT2D eigenvalue weighted by Gasteiger charge is 2.47. The predicted molar refractivity (Wildman–Crippen MR) is 214 cm³/mol. The molecule has 2 aliphatic rings. The Morgan fingerprint density at radius 2 is 1.55 bits per heavy atom. The van der Waals surface area contributed by atoms with Gasteiger partial charge in [0.05, 0.1) is 24.4 Å². The second-order valence-electron chi connectivity index (χ2n) is 15.0. The Kier molecular flexibility index (Phi) is 15.0. The summed E-state index contributed by atoms with van der Waals surface area (Å²) in [5, 5.41) is 10.2. The van der Waals surface area contributed by atoms with Crippen LogP contribution in [0.3, 0.4) is 0 Å². The largest absolute Gasteiger partial charge is 0.464 e. The minimum absolute atomic E-state index is 0.00989. The first kappa shape index (κ1) is 43.9. The van der Waals surface area contributed by atoms with Crippen LogP contribution in [0.1, 0.15) is 74.1 Å². The molecule has 0 bridgehead atoms. The van der Waals surface area contributed by atoms with Crippen LogP contribution in [-0.4, -0.2) is 67.4 Å². The van der Waals surface area contributed by atoms with E-state index < -0.39 is 60.0 Å². The van der Waals surface area contributed by atoms with Gasteiger partial charge in [0, 0.05) is 45.2 Å². The Bertz CT molecular complexity index is 2080. The van der Waals surface area contributed by atoms with Crippen LogP contribution < -0.4 is 16.0 Å². The fourth-order valence-electron chi connectivity index (χ4n) is 7.67. The third-order valence-corrected chi connectivity index (χ3v) is 10.5. The monoisotopic (exact) mass is 833 g/mol. The Balaban J connectivity index is 1.08. The Labute approximate surface area is 346 Å². The maximum atomic E-state index is 13.3. The zero-order valence-electron chi connectivity index (χ0n) is 33.3. The molecule has 0 radical (unpaired) electrons. The number of hydrogen-bond acceptors (Lipinski definition) is 9. The van der Waals surface area contributed by atoms with Crippen LogP contribution in [-0.2, 0) is 59.0 Å². The molecule has 3 N–H and O–H groups in total. The summed E-state index contributed by atoms with van der Waals surface area (Å²) >= 11 is 0. The number of carbonyl (C=O) groups is 4. The predicted octanol–water partition coefficient (Wildman–Crippen LogP) is 7.90. The van der Waals surface area contributed by atoms with E-state index in [0.29, 0.717) is 19.3 Å². The molecular weight excluding hydrogens is 784 g/mol. The van der Waals surface area contributed by atoms with Crippen molar-refractivity contribution < 1.29 is 56.0 Å².